The summed E-state index contributed by atoms with van der Waals surface area (Å²) in [4.78, 5) is 4.40. The first kappa shape index (κ1) is 12.9. The third-order valence-electron chi connectivity index (χ3n) is 2.07. The maximum absolute atomic E-state index is 4.40. The van der Waals surface area contributed by atoms with Gasteiger partial charge in [-0.15, -0.1) is 0 Å². The number of nitrogens with zero attached hydrogens (tertiary/aromatic N) is 1. The molecule has 0 saturated heterocycles. The van der Waals surface area contributed by atoms with E-state index >= 15 is 0 Å². The van der Waals surface area contributed by atoms with Gasteiger partial charge in [-0.25, -0.2) is 0 Å². The van der Waals surface area contributed by atoms with Crippen LogP contribution in [0.15, 0.2) is 42.1 Å². The lowest BCUT2D eigenvalue weighted by atomic mass is 10.0. The van der Waals surface area contributed by atoms with Crippen molar-refractivity contribution >= 4 is 5.71 Å². The average Bonchev–Trinajstić information content (AvgIpc) is 2.11. The summed E-state index contributed by atoms with van der Waals surface area (Å²) in [6.45, 7) is 16.0. The molecule has 0 aliphatic carbocycles. The molecule has 0 aliphatic heterocycles. The van der Waals surface area contributed by atoms with Gasteiger partial charge in [0.1, 0.15) is 0 Å². The van der Waals surface area contributed by atoms with Gasteiger partial charge in [0.15, 0.2) is 0 Å². The summed E-state index contributed by atoms with van der Waals surface area (Å²) in [7, 11) is 0. The normalized spacial score (nSPS) is 13.6. The largest absolute Gasteiger partial charge is 0.261 e. The van der Waals surface area contributed by atoms with Gasteiger partial charge in [0.05, 0.1) is 0 Å². The molecule has 0 unspecified atom stereocenters. The highest BCUT2D eigenvalue weighted by Crippen LogP contribution is 2.11. The molecule has 0 amide bonds. The fraction of sp³-hybridized carbons (Fsp3) is 0.462. The Morgan fingerprint density at radius 3 is 1.86 bits per heavy atom. The van der Waals surface area contributed by atoms with Crippen molar-refractivity contribution in [2.75, 3.05) is 0 Å². The molecule has 0 spiro atoms. The number of rotatable bonds is 5. The van der Waals surface area contributed by atoms with Crippen LogP contribution in [0.2, 0.25) is 0 Å². The van der Waals surface area contributed by atoms with Crippen LogP contribution in [-0.4, -0.2) is 5.71 Å². The van der Waals surface area contributed by atoms with Gasteiger partial charge in [-0.2, -0.15) is 0 Å². The Hall–Kier alpha value is -1.11. The summed E-state index contributed by atoms with van der Waals surface area (Å²) in [6, 6.07) is 0. The van der Waals surface area contributed by atoms with Crippen LogP contribution in [0.4, 0.5) is 0 Å². The molecule has 0 aromatic carbocycles. The summed E-state index contributed by atoms with van der Waals surface area (Å²) in [6.07, 6.45) is 5.55. The van der Waals surface area contributed by atoms with Gasteiger partial charge in [0.25, 0.3) is 0 Å². The average molecular weight is 191 g/mol. The first-order valence-electron chi connectivity index (χ1n) is 5.05. The monoisotopic (exact) mass is 191 g/mol. The van der Waals surface area contributed by atoms with Gasteiger partial charge >= 0.3 is 0 Å². The Morgan fingerprint density at radius 2 is 1.57 bits per heavy atom. The van der Waals surface area contributed by atoms with Crippen LogP contribution in [0.3, 0.4) is 0 Å². The molecule has 0 aromatic rings. The van der Waals surface area contributed by atoms with Crippen molar-refractivity contribution in [1.82, 2.24) is 0 Å². The van der Waals surface area contributed by atoms with E-state index in [1.54, 1.807) is 0 Å². The summed E-state index contributed by atoms with van der Waals surface area (Å²) in [5, 5.41) is 0. The molecule has 0 saturated carbocycles. The molecule has 78 valence electrons. The predicted octanol–water partition coefficient (Wildman–Crippen LogP) is 4.00. The smallest absolute Gasteiger partial charge is 0.0423 e. The third kappa shape index (κ3) is 4.22. The van der Waals surface area contributed by atoms with E-state index < -0.39 is 0 Å². The number of allylic oxidation sites excluding steroid dienone is 3. The first-order chi connectivity index (χ1) is 6.52. The maximum atomic E-state index is 4.40. The van der Waals surface area contributed by atoms with Crippen LogP contribution in [0.25, 0.3) is 0 Å². The van der Waals surface area contributed by atoms with Crippen LogP contribution in [0.1, 0.15) is 27.7 Å². The molecule has 0 radical (unpaired) electrons. The highest BCUT2D eigenvalue weighted by atomic mass is 14.7. The predicted molar refractivity (Wildman–Crippen MR) is 65.6 cm³/mol. The Morgan fingerprint density at radius 1 is 1.00 bits per heavy atom. The van der Waals surface area contributed by atoms with E-state index in [1.807, 2.05) is 18.4 Å². The van der Waals surface area contributed by atoms with Crippen molar-refractivity contribution in [2.24, 2.45) is 16.8 Å². The molecule has 0 bridgehead atoms. The van der Waals surface area contributed by atoms with Crippen LogP contribution < -0.4 is 0 Å². The van der Waals surface area contributed by atoms with Crippen molar-refractivity contribution in [3.05, 3.63) is 37.1 Å². The van der Waals surface area contributed by atoms with E-state index in [2.05, 4.69) is 45.8 Å². The molecule has 14 heavy (non-hydrogen) atoms. The van der Waals surface area contributed by atoms with Crippen molar-refractivity contribution in [3.63, 3.8) is 0 Å². The van der Waals surface area contributed by atoms with Gasteiger partial charge in [-0.1, -0.05) is 46.9 Å². The zero-order chi connectivity index (χ0) is 11.1. The molecule has 0 fully saturated rings. The van der Waals surface area contributed by atoms with Gasteiger partial charge in [0.2, 0.25) is 0 Å². The van der Waals surface area contributed by atoms with Gasteiger partial charge in [-0.3, -0.25) is 4.99 Å². The molecule has 0 rings (SSSR count). The molecule has 1 heteroatoms. The number of aliphatic imine (C=N–C) groups is 1. The molecule has 0 aromatic heterocycles. The minimum Gasteiger partial charge on any atom is -0.261 e. The van der Waals surface area contributed by atoms with Crippen LogP contribution >= 0.6 is 0 Å². The third-order valence-corrected chi connectivity index (χ3v) is 2.07. The lowest BCUT2D eigenvalue weighted by Gasteiger charge is -2.06. The Balaban J connectivity index is 4.79. The summed E-state index contributed by atoms with van der Waals surface area (Å²) < 4.78 is 0. The Bertz CT molecular complexity index is 226. The molecular weight excluding hydrogens is 170 g/mol. The van der Waals surface area contributed by atoms with E-state index in [0.717, 1.165) is 11.3 Å². The van der Waals surface area contributed by atoms with E-state index in [1.165, 1.54) is 0 Å². The fourth-order valence-corrected chi connectivity index (χ4v) is 1.02. The molecular formula is C13H21N. The second-order valence-corrected chi connectivity index (χ2v) is 3.90. The van der Waals surface area contributed by atoms with Crippen molar-refractivity contribution in [3.8, 4) is 0 Å². The molecule has 0 N–H and O–H groups in total. The summed E-state index contributed by atoms with van der Waals surface area (Å²) in [5.41, 5.74) is 2.18. The lowest BCUT2D eigenvalue weighted by molar-refractivity contribution is 0.788. The van der Waals surface area contributed by atoms with Crippen molar-refractivity contribution in [1.29, 1.82) is 0 Å². The lowest BCUT2D eigenvalue weighted by Crippen LogP contribution is -2.02. The topological polar surface area (TPSA) is 12.4 Å². The molecule has 1 nitrogen and oxygen atoms in total. The van der Waals surface area contributed by atoms with Crippen LogP contribution in [0.5, 0.6) is 0 Å². The second kappa shape index (κ2) is 6.36. The van der Waals surface area contributed by atoms with E-state index in [4.69, 9.17) is 0 Å². The minimum absolute atomic E-state index is 0.418. The molecule has 0 heterocycles. The van der Waals surface area contributed by atoms with Gasteiger partial charge < -0.3 is 0 Å². The van der Waals surface area contributed by atoms with Gasteiger partial charge in [-0.05, 0) is 23.5 Å². The zero-order valence-electron chi connectivity index (χ0n) is 9.75. The summed E-state index contributed by atoms with van der Waals surface area (Å²) in [5.74, 6) is 0.886. The first-order valence-corrected chi connectivity index (χ1v) is 5.05. The minimum atomic E-state index is 0.418. The molecule has 0 aliphatic rings. The SMILES string of the molecule is C=C/C(=C\N=C(/C=C)C(C)C)C(C)C. The zero-order valence-corrected chi connectivity index (χ0v) is 9.75. The Kier molecular flexibility index (Phi) is 5.86. The highest BCUT2D eigenvalue weighted by molar-refractivity contribution is 5.96. The van der Waals surface area contributed by atoms with Crippen LogP contribution in [0, 0.1) is 11.8 Å². The van der Waals surface area contributed by atoms with Crippen molar-refractivity contribution in [2.45, 2.75) is 27.7 Å². The van der Waals surface area contributed by atoms with Gasteiger partial charge in [0, 0.05) is 11.9 Å². The standard InChI is InChI=1S/C13H21N/c1-7-12(10(3)4)9-14-13(8-2)11(5)6/h7-11H,1-2H2,3-6H3/b12-9+,14-13+. The quantitative estimate of drug-likeness (QED) is 0.460. The highest BCUT2D eigenvalue weighted by Gasteiger charge is 2.00. The number of hydrogen-bond donors (Lipinski definition) is 0. The number of hydrogen-bond acceptors (Lipinski definition) is 1. The van der Waals surface area contributed by atoms with Crippen LogP contribution in [-0.2, 0) is 0 Å². The van der Waals surface area contributed by atoms with E-state index in [9.17, 15) is 0 Å². The maximum Gasteiger partial charge on any atom is 0.0423 e. The van der Waals surface area contributed by atoms with Crippen molar-refractivity contribution < 1.29 is 0 Å². The fourth-order valence-electron chi connectivity index (χ4n) is 1.02. The van der Waals surface area contributed by atoms with E-state index in [0.29, 0.717) is 11.8 Å². The Labute approximate surface area is 87.9 Å². The molecule has 0 atom stereocenters. The summed E-state index contributed by atoms with van der Waals surface area (Å²) >= 11 is 0. The van der Waals surface area contributed by atoms with E-state index in [-0.39, 0.29) is 0 Å². The second-order valence-electron chi connectivity index (χ2n) is 3.90.